The van der Waals surface area contributed by atoms with E-state index in [4.69, 9.17) is 13.9 Å². The molecule has 3 atom stereocenters. The molecule has 2 fully saturated rings. The minimum absolute atomic E-state index is 0.214. The minimum Gasteiger partial charge on any atom is -0.468 e. The van der Waals surface area contributed by atoms with Crippen molar-refractivity contribution in [1.82, 2.24) is 9.88 Å². The van der Waals surface area contributed by atoms with Gasteiger partial charge in [0.2, 0.25) is 0 Å². The van der Waals surface area contributed by atoms with Gasteiger partial charge in [0.1, 0.15) is 5.76 Å². The molecule has 5 nitrogen and oxygen atoms in total. The molecule has 2 aromatic rings. The van der Waals surface area contributed by atoms with Gasteiger partial charge in [-0.05, 0) is 43.0 Å². The number of fused-ring (bicyclic) bond motifs is 1. The molecule has 0 spiro atoms. The van der Waals surface area contributed by atoms with Crippen LogP contribution in [0.5, 0.6) is 0 Å². The van der Waals surface area contributed by atoms with Crippen LogP contribution in [-0.2, 0) is 22.6 Å². The highest BCUT2D eigenvalue weighted by Crippen LogP contribution is 2.32. The zero-order valence-corrected chi connectivity index (χ0v) is 13.8. The van der Waals surface area contributed by atoms with Crippen molar-refractivity contribution in [2.24, 2.45) is 0 Å². The quantitative estimate of drug-likeness (QED) is 0.816. The molecule has 0 saturated carbocycles. The Hall–Kier alpha value is -1.69. The molecule has 5 heteroatoms. The third-order valence-corrected chi connectivity index (χ3v) is 4.98. The first-order valence-corrected chi connectivity index (χ1v) is 8.77. The van der Waals surface area contributed by atoms with Gasteiger partial charge in [-0.25, -0.2) is 0 Å². The predicted octanol–water partition coefficient (Wildman–Crippen LogP) is 3.01. The molecule has 0 radical (unpaired) electrons. The summed E-state index contributed by atoms with van der Waals surface area (Å²) in [5.41, 5.74) is 1.11. The molecular formula is C19H24N2O3. The molecule has 2 aliphatic heterocycles. The molecule has 0 aliphatic carbocycles. The van der Waals surface area contributed by atoms with Crippen LogP contribution < -0.4 is 0 Å². The Kier molecular flexibility index (Phi) is 4.92. The number of pyridine rings is 1. The summed E-state index contributed by atoms with van der Waals surface area (Å²) in [6.07, 6.45) is 9.26. The lowest BCUT2D eigenvalue weighted by Gasteiger charge is -2.35. The largest absolute Gasteiger partial charge is 0.468 e. The van der Waals surface area contributed by atoms with E-state index in [9.17, 15) is 0 Å². The van der Waals surface area contributed by atoms with Gasteiger partial charge in [0.05, 0.1) is 38.2 Å². The maximum absolute atomic E-state index is 6.28. The van der Waals surface area contributed by atoms with Crippen LogP contribution >= 0.6 is 0 Å². The van der Waals surface area contributed by atoms with Gasteiger partial charge in [0.15, 0.2) is 0 Å². The van der Waals surface area contributed by atoms with Gasteiger partial charge in [-0.3, -0.25) is 9.88 Å². The van der Waals surface area contributed by atoms with Crippen LogP contribution in [0.3, 0.4) is 0 Å². The zero-order valence-electron chi connectivity index (χ0n) is 13.8. The van der Waals surface area contributed by atoms with E-state index >= 15 is 0 Å². The van der Waals surface area contributed by atoms with Crippen LogP contribution in [0.4, 0.5) is 0 Å². The van der Waals surface area contributed by atoms with Crippen molar-refractivity contribution in [2.45, 2.75) is 50.7 Å². The zero-order chi connectivity index (χ0) is 16.2. The summed E-state index contributed by atoms with van der Waals surface area (Å²) in [6, 6.07) is 8.49. The maximum atomic E-state index is 6.28. The standard InChI is InChI=1S/C19H24N2O3/c1-3-15(11-20-8-1)13-22-14-17-5-6-18-19(24-17)7-9-21(18)12-16-4-2-10-23-16/h1-4,8,10-11,17-19H,5-7,9,12-14H2/t17-,18-,19-/m1/s1. The van der Waals surface area contributed by atoms with Gasteiger partial charge in [0.25, 0.3) is 0 Å². The molecule has 24 heavy (non-hydrogen) atoms. The van der Waals surface area contributed by atoms with Crippen molar-refractivity contribution in [3.63, 3.8) is 0 Å². The van der Waals surface area contributed by atoms with E-state index in [2.05, 4.69) is 9.88 Å². The predicted molar refractivity (Wildman–Crippen MR) is 89.3 cm³/mol. The number of ether oxygens (including phenoxy) is 2. The van der Waals surface area contributed by atoms with Gasteiger partial charge in [-0.2, -0.15) is 0 Å². The van der Waals surface area contributed by atoms with Crippen LogP contribution in [0.25, 0.3) is 0 Å². The number of likely N-dealkylation sites (tertiary alicyclic amines) is 1. The lowest BCUT2D eigenvalue weighted by atomic mass is 9.99. The van der Waals surface area contributed by atoms with Crippen LogP contribution in [-0.4, -0.2) is 41.3 Å². The van der Waals surface area contributed by atoms with Crippen molar-refractivity contribution in [2.75, 3.05) is 13.2 Å². The molecule has 0 bridgehead atoms. The summed E-state index contributed by atoms with van der Waals surface area (Å²) < 4.78 is 17.6. The monoisotopic (exact) mass is 328 g/mol. The highest BCUT2D eigenvalue weighted by molar-refractivity contribution is 5.06. The Labute approximate surface area is 142 Å². The fraction of sp³-hybridized carbons (Fsp3) is 0.526. The van der Waals surface area contributed by atoms with Gasteiger partial charge in [-0.15, -0.1) is 0 Å². The molecule has 0 aromatic carbocycles. The second kappa shape index (κ2) is 7.47. The summed E-state index contributed by atoms with van der Waals surface area (Å²) in [5.74, 6) is 1.04. The van der Waals surface area contributed by atoms with Crippen LogP contribution in [0, 0.1) is 0 Å². The smallest absolute Gasteiger partial charge is 0.117 e. The maximum Gasteiger partial charge on any atom is 0.117 e. The number of nitrogens with zero attached hydrogens (tertiary/aromatic N) is 2. The van der Waals surface area contributed by atoms with Crippen LogP contribution in [0.15, 0.2) is 47.3 Å². The van der Waals surface area contributed by atoms with Crippen LogP contribution in [0.2, 0.25) is 0 Å². The number of furan rings is 1. The highest BCUT2D eigenvalue weighted by atomic mass is 16.5. The third kappa shape index (κ3) is 3.69. The van der Waals surface area contributed by atoms with E-state index in [1.54, 1.807) is 12.5 Å². The van der Waals surface area contributed by atoms with Gasteiger partial charge in [-0.1, -0.05) is 6.07 Å². The first-order chi connectivity index (χ1) is 11.9. The van der Waals surface area contributed by atoms with E-state index in [0.717, 1.165) is 37.3 Å². The highest BCUT2D eigenvalue weighted by Gasteiger charge is 2.39. The van der Waals surface area contributed by atoms with E-state index in [-0.39, 0.29) is 6.10 Å². The molecule has 2 aliphatic rings. The molecule has 0 amide bonds. The SMILES string of the molecule is c1cncc(COC[C@H]2CC[C@@H]3[C@@H](CCN3Cc3ccco3)O2)c1. The Morgan fingerprint density at radius 1 is 1.21 bits per heavy atom. The van der Waals surface area contributed by atoms with Crippen molar-refractivity contribution >= 4 is 0 Å². The fourth-order valence-corrected chi connectivity index (χ4v) is 3.80. The molecule has 4 heterocycles. The van der Waals surface area contributed by atoms with Gasteiger partial charge >= 0.3 is 0 Å². The molecule has 2 saturated heterocycles. The summed E-state index contributed by atoms with van der Waals surface area (Å²) in [4.78, 5) is 6.60. The number of hydrogen-bond donors (Lipinski definition) is 0. The number of aromatic nitrogens is 1. The first-order valence-electron chi connectivity index (χ1n) is 8.77. The van der Waals surface area contributed by atoms with E-state index < -0.39 is 0 Å². The normalized spacial score (nSPS) is 27.2. The first kappa shape index (κ1) is 15.8. The fourth-order valence-electron chi connectivity index (χ4n) is 3.80. The minimum atomic E-state index is 0.214. The summed E-state index contributed by atoms with van der Waals surface area (Å²) in [5, 5.41) is 0. The second-order valence-corrected chi connectivity index (χ2v) is 6.66. The van der Waals surface area contributed by atoms with Gasteiger partial charge < -0.3 is 13.9 Å². The van der Waals surface area contributed by atoms with E-state index in [0.29, 0.717) is 25.4 Å². The average molecular weight is 328 g/mol. The lowest BCUT2D eigenvalue weighted by molar-refractivity contribution is -0.102. The Balaban J connectivity index is 1.23. The van der Waals surface area contributed by atoms with Crippen molar-refractivity contribution in [1.29, 1.82) is 0 Å². The van der Waals surface area contributed by atoms with E-state index in [1.165, 1.54) is 6.42 Å². The van der Waals surface area contributed by atoms with E-state index in [1.807, 2.05) is 30.5 Å². The van der Waals surface area contributed by atoms with Crippen molar-refractivity contribution in [3.8, 4) is 0 Å². The summed E-state index contributed by atoms with van der Waals surface area (Å²) in [6.45, 7) is 3.24. The van der Waals surface area contributed by atoms with Crippen molar-refractivity contribution in [3.05, 3.63) is 54.2 Å². The molecule has 2 aromatic heterocycles. The average Bonchev–Trinajstić information content (AvgIpc) is 3.26. The Morgan fingerprint density at radius 2 is 2.21 bits per heavy atom. The summed E-state index contributed by atoms with van der Waals surface area (Å²) in [7, 11) is 0. The molecule has 0 N–H and O–H groups in total. The molecule has 0 unspecified atom stereocenters. The third-order valence-electron chi connectivity index (χ3n) is 4.98. The Morgan fingerprint density at radius 3 is 3.04 bits per heavy atom. The molecule has 128 valence electrons. The molecule has 4 rings (SSSR count). The number of hydrogen-bond acceptors (Lipinski definition) is 5. The second-order valence-electron chi connectivity index (χ2n) is 6.66. The lowest BCUT2D eigenvalue weighted by Crippen LogP contribution is -2.43. The molecular weight excluding hydrogens is 304 g/mol. The van der Waals surface area contributed by atoms with Crippen LogP contribution in [0.1, 0.15) is 30.6 Å². The van der Waals surface area contributed by atoms with Gasteiger partial charge in [0, 0.05) is 25.0 Å². The van der Waals surface area contributed by atoms with Crippen molar-refractivity contribution < 1.29 is 13.9 Å². The number of rotatable bonds is 6. The topological polar surface area (TPSA) is 47.7 Å². The Bertz CT molecular complexity index is 617. The summed E-state index contributed by atoms with van der Waals surface area (Å²) >= 11 is 0.